The van der Waals surface area contributed by atoms with E-state index in [4.69, 9.17) is 4.74 Å². The van der Waals surface area contributed by atoms with Crippen LogP contribution in [0.2, 0.25) is 0 Å². The van der Waals surface area contributed by atoms with E-state index in [2.05, 4.69) is 15.6 Å². The Labute approximate surface area is 188 Å². The predicted octanol–water partition coefficient (Wildman–Crippen LogP) is 3.05. The van der Waals surface area contributed by atoms with Crippen LogP contribution in [-0.2, 0) is 16.1 Å². The van der Waals surface area contributed by atoms with Gasteiger partial charge in [-0.3, -0.25) is 14.7 Å². The molecule has 0 saturated carbocycles. The largest absolute Gasteiger partial charge is 0.459 e. The summed E-state index contributed by atoms with van der Waals surface area (Å²) in [4.78, 5) is 18.0. The standard InChI is InChI=1S/C20H30F2N4O2.HI/c1-20(2,3)28-18(27)11-24-19(23-4)25-14-7-6-10-26(12-14)13-15-16(21)8-5-9-17(15)22;/h5,8-9,14H,6-7,10-13H2,1-4H3,(H2,23,24,25);1H. The number of benzene rings is 1. The molecule has 2 N–H and O–H groups in total. The monoisotopic (exact) mass is 524 g/mol. The smallest absolute Gasteiger partial charge is 0.325 e. The van der Waals surface area contributed by atoms with Crippen LogP contribution in [0.5, 0.6) is 0 Å². The summed E-state index contributed by atoms with van der Waals surface area (Å²) in [6.45, 7) is 7.07. The van der Waals surface area contributed by atoms with Crippen LogP contribution in [0.4, 0.5) is 8.78 Å². The molecule has 1 aromatic carbocycles. The Kier molecular flexibility index (Phi) is 10.2. The average molecular weight is 524 g/mol. The molecular weight excluding hydrogens is 493 g/mol. The summed E-state index contributed by atoms with van der Waals surface area (Å²) >= 11 is 0. The lowest BCUT2D eigenvalue weighted by molar-refractivity contribution is -0.153. The SMILES string of the molecule is CN=C(NCC(=O)OC(C)(C)C)NC1CCCN(Cc2c(F)cccc2F)C1.I. The second kappa shape index (κ2) is 11.6. The molecule has 1 aliphatic heterocycles. The lowest BCUT2D eigenvalue weighted by atomic mass is 10.0. The van der Waals surface area contributed by atoms with Gasteiger partial charge in [0.2, 0.25) is 0 Å². The van der Waals surface area contributed by atoms with Gasteiger partial charge in [-0.25, -0.2) is 8.78 Å². The molecule has 1 fully saturated rings. The number of hydrogen-bond acceptors (Lipinski definition) is 4. The van der Waals surface area contributed by atoms with Crippen molar-refractivity contribution in [2.45, 2.75) is 51.8 Å². The number of nitrogens with zero attached hydrogens (tertiary/aromatic N) is 2. The van der Waals surface area contributed by atoms with Crippen molar-refractivity contribution in [2.75, 3.05) is 26.7 Å². The molecule has 1 atom stereocenters. The fraction of sp³-hybridized carbons (Fsp3) is 0.600. The maximum Gasteiger partial charge on any atom is 0.325 e. The molecule has 0 amide bonds. The molecule has 0 radical (unpaired) electrons. The molecule has 0 bridgehead atoms. The molecule has 1 aliphatic rings. The number of nitrogens with one attached hydrogen (secondary N) is 2. The van der Waals surface area contributed by atoms with Crippen molar-refractivity contribution in [2.24, 2.45) is 4.99 Å². The number of rotatable bonds is 5. The Hall–Kier alpha value is -1.49. The minimum atomic E-state index is -0.540. The van der Waals surface area contributed by atoms with Crippen LogP contribution in [-0.4, -0.2) is 55.2 Å². The molecule has 164 valence electrons. The van der Waals surface area contributed by atoms with Crippen molar-refractivity contribution < 1.29 is 18.3 Å². The van der Waals surface area contributed by atoms with E-state index in [-0.39, 0.29) is 54.6 Å². The van der Waals surface area contributed by atoms with Gasteiger partial charge in [0.25, 0.3) is 0 Å². The van der Waals surface area contributed by atoms with E-state index in [9.17, 15) is 13.6 Å². The molecule has 1 saturated heterocycles. The van der Waals surface area contributed by atoms with Crippen molar-refractivity contribution in [3.8, 4) is 0 Å². The highest BCUT2D eigenvalue weighted by molar-refractivity contribution is 14.0. The number of carbonyl (C=O) groups is 1. The summed E-state index contributed by atoms with van der Waals surface area (Å²) in [5, 5.41) is 6.22. The highest BCUT2D eigenvalue weighted by Crippen LogP contribution is 2.18. The summed E-state index contributed by atoms with van der Waals surface area (Å²) in [5.41, 5.74) is -0.447. The highest BCUT2D eigenvalue weighted by atomic mass is 127. The number of esters is 1. The number of ether oxygens (including phenoxy) is 1. The summed E-state index contributed by atoms with van der Waals surface area (Å²) in [6, 6.07) is 3.99. The van der Waals surface area contributed by atoms with Gasteiger partial charge in [0.15, 0.2) is 5.96 Å². The fourth-order valence-corrected chi connectivity index (χ4v) is 3.15. The summed E-state index contributed by atoms with van der Waals surface area (Å²) in [5.74, 6) is -0.916. The first-order valence-corrected chi connectivity index (χ1v) is 9.52. The van der Waals surface area contributed by atoms with Gasteiger partial charge in [-0.2, -0.15) is 0 Å². The molecule has 1 unspecified atom stereocenters. The van der Waals surface area contributed by atoms with E-state index in [1.54, 1.807) is 7.05 Å². The average Bonchev–Trinajstić information content (AvgIpc) is 2.61. The number of likely N-dealkylation sites (tertiary alicyclic amines) is 1. The number of piperidine rings is 1. The lowest BCUT2D eigenvalue weighted by Gasteiger charge is -2.34. The summed E-state index contributed by atoms with van der Waals surface area (Å²) < 4.78 is 33.1. The zero-order chi connectivity index (χ0) is 20.7. The van der Waals surface area contributed by atoms with Crippen molar-refractivity contribution in [1.29, 1.82) is 0 Å². The first kappa shape index (κ1) is 25.5. The number of carbonyl (C=O) groups excluding carboxylic acids is 1. The molecule has 9 heteroatoms. The van der Waals surface area contributed by atoms with Gasteiger partial charge in [0.05, 0.1) is 0 Å². The lowest BCUT2D eigenvalue weighted by Crippen LogP contribution is -2.51. The third kappa shape index (κ3) is 8.81. The van der Waals surface area contributed by atoms with Gasteiger partial charge in [-0.05, 0) is 52.3 Å². The van der Waals surface area contributed by atoms with Crippen LogP contribution in [0.15, 0.2) is 23.2 Å². The van der Waals surface area contributed by atoms with Gasteiger partial charge in [0, 0.05) is 31.7 Å². The van der Waals surface area contributed by atoms with E-state index >= 15 is 0 Å². The normalized spacial score (nSPS) is 18.0. The number of guanidine groups is 1. The van der Waals surface area contributed by atoms with E-state index < -0.39 is 17.2 Å². The molecule has 0 aromatic heterocycles. The molecular formula is C20H31F2IN4O2. The van der Waals surface area contributed by atoms with Gasteiger partial charge < -0.3 is 15.4 Å². The molecule has 2 rings (SSSR count). The Morgan fingerprint density at radius 3 is 2.55 bits per heavy atom. The Morgan fingerprint density at radius 2 is 1.97 bits per heavy atom. The number of halogens is 3. The van der Waals surface area contributed by atoms with Crippen LogP contribution < -0.4 is 10.6 Å². The van der Waals surface area contributed by atoms with Crippen LogP contribution in [0.3, 0.4) is 0 Å². The van der Waals surface area contributed by atoms with E-state index in [1.807, 2.05) is 25.7 Å². The van der Waals surface area contributed by atoms with Gasteiger partial charge in [-0.1, -0.05) is 6.07 Å². The maximum atomic E-state index is 13.9. The third-order valence-corrected chi connectivity index (χ3v) is 4.33. The topological polar surface area (TPSA) is 66.0 Å². The second-order valence-corrected chi connectivity index (χ2v) is 7.93. The first-order chi connectivity index (χ1) is 13.2. The molecule has 0 aliphatic carbocycles. The first-order valence-electron chi connectivity index (χ1n) is 9.52. The zero-order valence-corrected chi connectivity index (χ0v) is 19.8. The molecule has 6 nitrogen and oxygen atoms in total. The second-order valence-electron chi connectivity index (χ2n) is 7.93. The molecule has 1 aromatic rings. The maximum absolute atomic E-state index is 13.9. The van der Waals surface area contributed by atoms with Gasteiger partial charge >= 0.3 is 5.97 Å². The quantitative estimate of drug-likeness (QED) is 0.269. The van der Waals surface area contributed by atoms with E-state index in [1.165, 1.54) is 18.2 Å². The van der Waals surface area contributed by atoms with Crippen LogP contribution in [0.1, 0.15) is 39.2 Å². The van der Waals surface area contributed by atoms with E-state index in [0.717, 1.165) is 19.4 Å². The van der Waals surface area contributed by atoms with Crippen molar-refractivity contribution in [3.63, 3.8) is 0 Å². The van der Waals surface area contributed by atoms with E-state index in [0.29, 0.717) is 12.5 Å². The molecule has 0 spiro atoms. The minimum absolute atomic E-state index is 0. The highest BCUT2D eigenvalue weighted by Gasteiger charge is 2.23. The van der Waals surface area contributed by atoms with Crippen molar-refractivity contribution in [3.05, 3.63) is 35.4 Å². The number of aliphatic imine (C=N–C) groups is 1. The third-order valence-electron chi connectivity index (χ3n) is 4.33. The molecule has 1 heterocycles. The van der Waals surface area contributed by atoms with Crippen LogP contribution in [0.25, 0.3) is 0 Å². The van der Waals surface area contributed by atoms with Gasteiger partial charge in [-0.15, -0.1) is 24.0 Å². The summed E-state index contributed by atoms with van der Waals surface area (Å²) in [6.07, 6.45) is 1.81. The summed E-state index contributed by atoms with van der Waals surface area (Å²) in [7, 11) is 1.62. The Morgan fingerprint density at radius 1 is 1.31 bits per heavy atom. The predicted molar refractivity (Wildman–Crippen MR) is 120 cm³/mol. The van der Waals surface area contributed by atoms with Gasteiger partial charge in [0.1, 0.15) is 23.8 Å². The van der Waals surface area contributed by atoms with Crippen LogP contribution in [0, 0.1) is 11.6 Å². The Balaban J connectivity index is 0.00000420. The van der Waals surface area contributed by atoms with Crippen LogP contribution >= 0.6 is 24.0 Å². The fourth-order valence-electron chi connectivity index (χ4n) is 3.15. The zero-order valence-electron chi connectivity index (χ0n) is 17.4. The minimum Gasteiger partial charge on any atom is -0.459 e. The van der Waals surface area contributed by atoms with Crippen molar-refractivity contribution >= 4 is 35.9 Å². The number of hydrogen-bond donors (Lipinski definition) is 2. The molecule has 29 heavy (non-hydrogen) atoms. The van der Waals surface area contributed by atoms with Crippen molar-refractivity contribution in [1.82, 2.24) is 15.5 Å². The Bertz CT molecular complexity index is 690.